The number of halogens is 1. The number of carbonyl (C=O) groups excluding carboxylic acids is 1. The molecule has 1 fully saturated rings. The zero-order chi connectivity index (χ0) is 19.9. The van der Waals surface area contributed by atoms with Crippen LogP contribution in [-0.2, 0) is 13.1 Å². The number of hydrogen-bond donors (Lipinski definition) is 3. The molecule has 150 valence electrons. The Labute approximate surface area is 174 Å². The van der Waals surface area contributed by atoms with Crippen LogP contribution in [-0.4, -0.2) is 42.3 Å². The maximum atomic E-state index is 12.4. The Kier molecular flexibility index (Phi) is 7.30. The Morgan fingerprint density at radius 2 is 2.07 bits per heavy atom. The molecule has 1 aliphatic rings. The van der Waals surface area contributed by atoms with Gasteiger partial charge in [0.05, 0.1) is 19.4 Å². The van der Waals surface area contributed by atoms with Crippen LogP contribution < -0.4 is 15.4 Å². The SMILES string of the molecule is COc1ccc(Br)c(NC(=O)NCc2ccccc2CN2CCC[C@@H]2CO)c1. The monoisotopic (exact) mass is 447 g/mol. The smallest absolute Gasteiger partial charge is 0.319 e. The van der Waals surface area contributed by atoms with E-state index in [-0.39, 0.29) is 18.7 Å². The summed E-state index contributed by atoms with van der Waals surface area (Å²) in [4.78, 5) is 14.7. The van der Waals surface area contributed by atoms with Crippen LogP contribution in [0.4, 0.5) is 10.5 Å². The standard InChI is InChI=1S/C21H26BrN3O3/c1-28-18-8-9-19(22)20(11-18)24-21(27)23-12-15-5-2-3-6-16(15)13-25-10-4-7-17(25)14-26/h2-3,5-6,8-9,11,17,26H,4,7,10,12-14H2,1H3,(H2,23,24,27)/t17-/m1/s1. The number of aliphatic hydroxyl groups excluding tert-OH is 1. The Morgan fingerprint density at radius 1 is 1.29 bits per heavy atom. The second-order valence-electron chi connectivity index (χ2n) is 6.87. The van der Waals surface area contributed by atoms with Gasteiger partial charge in [-0.2, -0.15) is 0 Å². The van der Waals surface area contributed by atoms with Gasteiger partial charge in [0, 0.05) is 29.7 Å². The van der Waals surface area contributed by atoms with Crippen LogP contribution >= 0.6 is 15.9 Å². The molecule has 3 N–H and O–H groups in total. The summed E-state index contributed by atoms with van der Waals surface area (Å²) >= 11 is 3.43. The van der Waals surface area contributed by atoms with Crippen molar-refractivity contribution in [2.24, 2.45) is 0 Å². The highest BCUT2D eigenvalue weighted by atomic mass is 79.9. The Morgan fingerprint density at radius 3 is 2.82 bits per heavy atom. The van der Waals surface area contributed by atoms with Gasteiger partial charge >= 0.3 is 6.03 Å². The third kappa shape index (κ3) is 5.25. The summed E-state index contributed by atoms with van der Waals surface area (Å²) in [7, 11) is 1.59. The number of nitrogens with zero attached hydrogens (tertiary/aromatic N) is 1. The van der Waals surface area contributed by atoms with E-state index in [0.29, 0.717) is 18.0 Å². The molecule has 28 heavy (non-hydrogen) atoms. The van der Waals surface area contributed by atoms with E-state index in [0.717, 1.165) is 36.0 Å². The molecule has 2 aromatic carbocycles. The maximum absolute atomic E-state index is 12.4. The molecule has 0 bridgehead atoms. The van der Waals surface area contributed by atoms with Crippen LogP contribution in [0.25, 0.3) is 0 Å². The van der Waals surface area contributed by atoms with E-state index in [1.54, 1.807) is 13.2 Å². The number of hydrogen-bond acceptors (Lipinski definition) is 4. The molecule has 7 heteroatoms. The molecule has 6 nitrogen and oxygen atoms in total. The van der Waals surface area contributed by atoms with Crippen LogP contribution in [0.2, 0.25) is 0 Å². The Hall–Kier alpha value is -2.09. The van der Waals surface area contributed by atoms with Gasteiger partial charge in [-0.25, -0.2) is 4.79 Å². The second kappa shape index (κ2) is 9.91. The Bertz CT molecular complexity index is 815. The molecule has 0 unspecified atom stereocenters. The quantitative estimate of drug-likeness (QED) is 0.604. The first-order valence-electron chi connectivity index (χ1n) is 9.40. The van der Waals surface area contributed by atoms with Crippen molar-refractivity contribution in [3.63, 3.8) is 0 Å². The summed E-state index contributed by atoms with van der Waals surface area (Å²) < 4.78 is 5.99. The van der Waals surface area contributed by atoms with Gasteiger partial charge in [0.25, 0.3) is 0 Å². The molecule has 0 aliphatic carbocycles. The van der Waals surface area contributed by atoms with Crippen molar-refractivity contribution >= 4 is 27.6 Å². The van der Waals surface area contributed by atoms with E-state index < -0.39 is 0 Å². The van der Waals surface area contributed by atoms with Gasteiger partial charge in [-0.3, -0.25) is 4.90 Å². The van der Waals surface area contributed by atoms with E-state index >= 15 is 0 Å². The first-order chi connectivity index (χ1) is 13.6. The number of anilines is 1. The summed E-state index contributed by atoms with van der Waals surface area (Å²) in [6.45, 7) is 2.41. The number of ether oxygens (including phenoxy) is 1. The van der Waals surface area contributed by atoms with Crippen molar-refractivity contribution in [1.29, 1.82) is 0 Å². The minimum atomic E-state index is -0.279. The van der Waals surface area contributed by atoms with E-state index in [1.807, 2.05) is 30.3 Å². The average Bonchev–Trinajstić information content (AvgIpc) is 3.16. The fourth-order valence-corrected chi connectivity index (χ4v) is 3.83. The van der Waals surface area contributed by atoms with Gasteiger partial charge in [0.15, 0.2) is 0 Å². The topological polar surface area (TPSA) is 73.8 Å². The highest BCUT2D eigenvalue weighted by Crippen LogP contribution is 2.27. The number of urea groups is 1. The van der Waals surface area contributed by atoms with Crippen LogP contribution in [0.15, 0.2) is 46.9 Å². The zero-order valence-corrected chi connectivity index (χ0v) is 17.5. The lowest BCUT2D eigenvalue weighted by Crippen LogP contribution is -2.33. The molecular weight excluding hydrogens is 422 g/mol. The summed E-state index contributed by atoms with van der Waals surface area (Å²) in [6.07, 6.45) is 2.15. The first kappa shape index (κ1) is 20.6. The highest BCUT2D eigenvalue weighted by molar-refractivity contribution is 9.10. The lowest BCUT2D eigenvalue weighted by atomic mass is 10.1. The predicted octanol–water partition coefficient (Wildman–Crippen LogP) is 3.74. The zero-order valence-electron chi connectivity index (χ0n) is 16.0. The molecule has 2 aromatic rings. The molecule has 0 saturated carbocycles. The van der Waals surface area contributed by atoms with Crippen LogP contribution in [0.5, 0.6) is 5.75 Å². The highest BCUT2D eigenvalue weighted by Gasteiger charge is 2.24. The fraction of sp³-hybridized carbons (Fsp3) is 0.381. The van der Waals surface area contributed by atoms with E-state index in [1.165, 1.54) is 5.56 Å². The fourth-order valence-electron chi connectivity index (χ4n) is 3.48. The van der Waals surface area contributed by atoms with Crippen molar-refractivity contribution in [3.05, 3.63) is 58.1 Å². The normalized spacial score (nSPS) is 16.8. The number of nitrogens with one attached hydrogen (secondary N) is 2. The van der Waals surface area contributed by atoms with Crippen molar-refractivity contribution in [1.82, 2.24) is 10.2 Å². The molecule has 1 heterocycles. The third-order valence-electron chi connectivity index (χ3n) is 5.06. The molecule has 2 amide bonds. The van der Waals surface area contributed by atoms with Gasteiger partial charge in [-0.05, 0) is 58.6 Å². The Balaban J connectivity index is 1.61. The minimum absolute atomic E-state index is 0.193. The number of aliphatic hydroxyl groups is 1. The largest absolute Gasteiger partial charge is 0.497 e. The van der Waals surface area contributed by atoms with Crippen molar-refractivity contribution < 1.29 is 14.6 Å². The minimum Gasteiger partial charge on any atom is -0.497 e. The second-order valence-corrected chi connectivity index (χ2v) is 7.73. The maximum Gasteiger partial charge on any atom is 0.319 e. The van der Waals surface area contributed by atoms with Crippen LogP contribution in [0.1, 0.15) is 24.0 Å². The van der Waals surface area contributed by atoms with Crippen molar-refractivity contribution in [2.75, 3.05) is 25.6 Å². The number of carbonyl (C=O) groups is 1. The summed E-state index contributed by atoms with van der Waals surface area (Å²) in [6, 6.07) is 13.5. The molecule has 0 radical (unpaired) electrons. The van der Waals surface area contributed by atoms with E-state index in [2.05, 4.69) is 37.5 Å². The van der Waals surface area contributed by atoms with Gasteiger partial charge in [0.1, 0.15) is 5.75 Å². The van der Waals surface area contributed by atoms with Gasteiger partial charge in [0.2, 0.25) is 0 Å². The summed E-state index contributed by atoms with van der Waals surface area (Å²) in [5.74, 6) is 0.674. The molecule has 1 saturated heterocycles. The van der Waals surface area contributed by atoms with Gasteiger partial charge in [-0.1, -0.05) is 24.3 Å². The number of benzene rings is 2. The van der Waals surface area contributed by atoms with Crippen molar-refractivity contribution in [2.45, 2.75) is 32.0 Å². The third-order valence-corrected chi connectivity index (χ3v) is 5.75. The summed E-state index contributed by atoms with van der Waals surface area (Å²) in [5.41, 5.74) is 2.89. The van der Waals surface area contributed by atoms with E-state index in [9.17, 15) is 9.90 Å². The van der Waals surface area contributed by atoms with Crippen molar-refractivity contribution in [3.8, 4) is 5.75 Å². The molecule has 1 aliphatic heterocycles. The van der Waals surface area contributed by atoms with Crippen LogP contribution in [0, 0.1) is 0 Å². The van der Waals surface area contributed by atoms with Gasteiger partial charge in [-0.15, -0.1) is 0 Å². The number of likely N-dealkylation sites (tertiary alicyclic amines) is 1. The van der Waals surface area contributed by atoms with E-state index in [4.69, 9.17) is 4.74 Å². The number of amides is 2. The molecule has 3 rings (SSSR count). The molecular formula is C21H26BrN3O3. The predicted molar refractivity (Wildman–Crippen MR) is 114 cm³/mol. The van der Waals surface area contributed by atoms with Crippen LogP contribution in [0.3, 0.4) is 0 Å². The average molecular weight is 448 g/mol. The first-order valence-corrected chi connectivity index (χ1v) is 10.2. The molecule has 0 aromatic heterocycles. The summed E-state index contributed by atoms with van der Waals surface area (Å²) in [5, 5.41) is 15.3. The molecule has 0 spiro atoms. The number of methoxy groups -OCH3 is 1. The van der Waals surface area contributed by atoms with Gasteiger partial charge < -0.3 is 20.5 Å². The lowest BCUT2D eigenvalue weighted by molar-refractivity contribution is 0.153. The lowest BCUT2D eigenvalue weighted by Gasteiger charge is -2.24. The number of rotatable bonds is 7. The molecule has 1 atom stereocenters.